The number of aromatic nitrogens is 1. The Labute approximate surface area is 129 Å². The van der Waals surface area contributed by atoms with Gasteiger partial charge in [0.2, 0.25) is 0 Å². The fraction of sp³-hybridized carbons (Fsp3) is 0.0909. The van der Waals surface area contributed by atoms with Gasteiger partial charge in [-0.3, -0.25) is 0 Å². The number of benzene rings is 1. The molecule has 0 saturated carbocycles. The molecule has 2 heterocycles. The van der Waals surface area contributed by atoms with Crippen molar-refractivity contribution < 1.29 is 5.03 Å². The van der Waals surface area contributed by atoms with Gasteiger partial charge >= 0.3 is 130 Å². The first-order valence-electron chi connectivity index (χ1n) is 5.52. The number of aliphatic imine (C=N–C) groups is 1. The second kappa shape index (κ2) is 5.14. The summed E-state index contributed by atoms with van der Waals surface area (Å²) in [6.45, 7) is 0. The van der Waals surface area contributed by atoms with E-state index in [2.05, 4.69) is 4.99 Å². The monoisotopic (exact) mass is 374 g/mol. The van der Waals surface area contributed by atoms with Crippen LogP contribution in [-0.2, 0) is 0 Å². The molecule has 0 saturated heterocycles. The molecule has 0 fully saturated rings. The van der Waals surface area contributed by atoms with E-state index in [0.29, 0.717) is 4.64 Å². The van der Waals surface area contributed by atoms with Gasteiger partial charge in [0.05, 0.1) is 0 Å². The molecule has 9 heteroatoms. The predicted octanol–water partition coefficient (Wildman–Crippen LogP) is 2.54. The second-order valence-corrected chi connectivity index (χ2v) is 6.86. The summed E-state index contributed by atoms with van der Waals surface area (Å²) < 4.78 is 3.41. The van der Waals surface area contributed by atoms with Crippen LogP contribution in [-0.4, -0.2) is 33.5 Å². The molecule has 1 aliphatic heterocycles. The summed E-state index contributed by atoms with van der Waals surface area (Å²) >= 11 is 11.1. The fourth-order valence-corrected chi connectivity index (χ4v) is 4.79. The molecule has 1 aromatic heterocycles. The van der Waals surface area contributed by atoms with Crippen molar-refractivity contribution in [3.63, 3.8) is 0 Å². The van der Waals surface area contributed by atoms with Gasteiger partial charge in [-0.1, -0.05) is 0 Å². The average molecular weight is 374 g/mol. The van der Waals surface area contributed by atoms with Gasteiger partial charge in [-0.25, -0.2) is 0 Å². The van der Waals surface area contributed by atoms with Crippen molar-refractivity contribution in [3.8, 4) is 0 Å². The normalized spacial score (nSPS) is 18.4. The van der Waals surface area contributed by atoms with E-state index in [1.807, 2.05) is 24.3 Å². The van der Waals surface area contributed by atoms with Gasteiger partial charge in [0.25, 0.3) is 0 Å². The minimum atomic E-state index is -0.831. The Morgan fingerprint density at radius 1 is 1.45 bits per heavy atom. The molecule has 1 aliphatic rings. The van der Waals surface area contributed by atoms with Crippen LogP contribution in [0.2, 0.25) is 0 Å². The predicted molar refractivity (Wildman–Crippen MR) is 80.0 cm³/mol. The molecule has 1 unspecified atom stereocenters. The number of rotatable bonds is 2. The van der Waals surface area contributed by atoms with E-state index < -0.39 is 11.3 Å². The summed E-state index contributed by atoms with van der Waals surface area (Å²) in [7, 11) is 0. The Morgan fingerprint density at radius 3 is 2.90 bits per heavy atom. The first kappa shape index (κ1) is 13.5. The quantitative estimate of drug-likeness (QED) is 0.351. The fourth-order valence-electron chi connectivity index (χ4n) is 1.87. The summed E-state index contributed by atoms with van der Waals surface area (Å²) in [5.41, 5.74) is 0. The molecular formula is C11H7ClN4O2SSe. The van der Waals surface area contributed by atoms with E-state index in [4.69, 9.17) is 23.8 Å². The van der Waals surface area contributed by atoms with Gasteiger partial charge in [-0.15, -0.1) is 0 Å². The Morgan fingerprint density at radius 2 is 2.20 bits per heavy atom. The number of nitrogens with zero attached hydrogens (tertiary/aromatic N) is 4. The van der Waals surface area contributed by atoms with Crippen LogP contribution >= 0.6 is 23.8 Å². The SMILES string of the molecule is O=[N+]([O-])N1C=CC(Cl)=NC1n1[se]c2ccccc2c1=S. The van der Waals surface area contributed by atoms with Gasteiger partial charge in [-0.2, -0.15) is 0 Å². The standard InChI is InChI=1S/C11H7ClN4O2SSe/c12-9-5-6-14(16(17)18)11(13-9)15-10(19)7-3-1-2-4-8(7)20-15/h1-6,11H. The molecule has 0 spiro atoms. The van der Waals surface area contributed by atoms with Crippen LogP contribution in [0.25, 0.3) is 9.65 Å². The van der Waals surface area contributed by atoms with Crippen molar-refractivity contribution >= 4 is 53.4 Å². The van der Waals surface area contributed by atoms with Crippen LogP contribution in [0.1, 0.15) is 6.29 Å². The number of hydrazine groups is 1. The molecule has 1 aromatic carbocycles. The molecule has 0 radical (unpaired) electrons. The van der Waals surface area contributed by atoms with E-state index >= 15 is 0 Å². The van der Waals surface area contributed by atoms with E-state index in [-0.39, 0.29) is 19.9 Å². The average Bonchev–Trinajstić information content (AvgIpc) is 2.76. The number of hydrogen-bond donors (Lipinski definition) is 0. The number of fused-ring (bicyclic) bond motifs is 1. The Balaban J connectivity index is 2.18. The van der Waals surface area contributed by atoms with Gasteiger partial charge in [0, 0.05) is 0 Å². The molecule has 6 nitrogen and oxygen atoms in total. The zero-order chi connectivity index (χ0) is 14.3. The molecule has 3 rings (SSSR count). The molecule has 0 amide bonds. The van der Waals surface area contributed by atoms with Crippen LogP contribution in [0, 0.1) is 14.8 Å². The van der Waals surface area contributed by atoms with E-state index in [9.17, 15) is 10.1 Å². The molecule has 102 valence electrons. The van der Waals surface area contributed by atoms with Gasteiger partial charge < -0.3 is 0 Å². The molecule has 0 N–H and O–H groups in total. The molecule has 2 aromatic rings. The minimum absolute atomic E-state index is 0.154. The zero-order valence-corrected chi connectivity index (χ0v) is 13.1. The Bertz CT molecular complexity index is 812. The van der Waals surface area contributed by atoms with Crippen molar-refractivity contribution in [2.24, 2.45) is 4.99 Å². The summed E-state index contributed by atoms with van der Waals surface area (Å²) in [5.74, 6) is 0. The van der Waals surface area contributed by atoms with Crippen LogP contribution in [0.15, 0.2) is 41.5 Å². The Kier molecular flexibility index (Phi) is 3.47. The number of nitro groups is 1. The maximum atomic E-state index is 11.1. The van der Waals surface area contributed by atoms with Crippen molar-refractivity contribution in [2.75, 3.05) is 0 Å². The van der Waals surface area contributed by atoms with Crippen molar-refractivity contribution in [1.29, 1.82) is 0 Å². The molecule has 20 heavy (non-hydrogen) atoms. The maximum absolute atomic E-state index is 11.1. The van der Waals surface area contributed by atoms with Gasteiger partial charge in [0.15, 0.2) is 0 Å². The number of halogens is 1. The van der Waals surface area contributed by atoms with E-state index in [1.54, 1.807) is 3.56 Å². The third-order valence-electron chi connectivity index (χ3n) is 2.75. The van der Waals surface area contributed by atoms with Crippen LogP contribution in [0.5, 0.6) is 0 Å². The molecule has 0 bridgehead atoms. The van der Waals surface area contributed by atoms with Crippen LogP contribution in [0.3, 0.4) is 0 Å². The Hall–Kier alpha value is -1.47. The third kappa shape index (κ3) is 2.20. The zero-order valence-electron chi connectivity index (χ0n) is 9.84. The number of hydrogen-bond acceptors (Lipinski definition) is 4. The first-order valence-corrected chi connectivity index (χ1v) is 7.93. The topological polar surface area (TPSA) is 63.7 Å². The molecular weight excluding hydrogens is 367 g/mol. The van der Waals surface area contributed by atoms with E-state index in [0.717, 1.165) is 14.7 Å². The van der Waals surface area contributed by atoms with Crippen molar-refractivity contribution in [1.82, 2.24) is 8.57 Å². The molecule has 0 aliphatic carbocycles. The van der Waals surface area contributed by atoms with Crippen LogP contribution < -0.4 is 0 Å². The van der Waals surface area contributed by atoms with E-state index in [1.165, 1.54) is 12.3 Å². The number of allylic oxidation sites excluding steroid dienone is 1. The summed E-state index contributed by atoms with van der Waals surface area (Å²) in [4.78, 5) is 15.2. The van der Waals surface area contributed by atoms with Crippen molar-refractivity contribution in [3.05, 3.63) is 51.3 Å². The van der Waals surface area contributed by atoms with Gasteiger partial charge in [0.1, 0.15) is 0 Å². The first-order chi connectivity index (χ1) is 9.58. The van der Waals surface area contributed by atoms with Gasteiger partial charge in [-0.05, 0) is 0 Å². The van der Waals surface area contributed by atoms with Crippen LogP contribution in [0.4, 0.5) is 0 Å². The summed E-state index contributed by atoms with van der Waals surface area (Å²) in [6.07, 6.45) is 1.87. The third-order valence-corrected chi connectivity index (χ3v) is 6.00. The molecule has 1 atom stereocenters. The van der Waals surface area contributed by atoms with Crippen molar-refractivity contribution in [2.45, 2.75) is 6.29 Å². The summed E-state index contributed by atoms with van der Waals surface area (Å²) in [5, 5.41) is 12.7. The summed E-state index contributed by atoms with van der Waals surface area (Å²) in [6, 6.07) is 7.71. The second-order valence-electron chi connectivity index (χ2n) is 3.95.